The van der Waals surface area contributed by atoms with Crippen molar-refractivity contribution in [2.24, 2.45) is 10.2 Å². The fourth-order valence-corrected chi connectivity index (χ4v) is 4.14. The van der Waals surface area contributed by atoms with E-state index in [1.807, 2.05) is 63.2 Å². The monoisotopic (exact) mass is 442 g/mol. The maximum absolute atomic E-state index is 12.8. The first-order chi connectivity index (χ1) is 13.3. The number of nitrogens with one attached hydrogen (secondary N) is 1. The van der Waals surface area contributed by atoms with E-state index in [0.29, 0.717) is 13.0 Å². The number of rotatable bonds is 2. The van der Waals surface area contributed by atoms with Gasteiger partial charge in [-0.15, -0.1) is 0 Å². The van der Waals surface area contributed by atoms with E-state index >= 15 is 0 Å². The maximum Gasteiger partial charge on any atom is 0.412 e. The second-order valence-corrected chi connectivity index (χ2v) is 8.95. The van der Waals surface area contributed by atoms with Crippen molar-refractivity contribution in [3.05, 3.63) is 58.6 Å². The molecule has 2 heterocycles. The fraction of sp³-hybridized carbons (Fsp3) is 0.381. The number of hydrogen-bond acceptors (Lipinski definition) is 5. The van der Waals surface area contributed by atoms with Gasteiger partial charge in [-0.05, 0) is 54.9 Å². The van der Waals surface area contributed by atoms with Gasteiger partial charge in [-0.1, -0.05) is 30.3 Å². The largest absolute Gasteiger partial charge is 0.444 e. The van der Waals surface area contributed by atoms with E-state index in [4.69, 9.17) is 9.85 Å². The van der Waals surface area contributed by atoms with Gasteiger partial charge < -0.3 is 10.1 Å². The van der Waals surface area contributed by atoms with E-state index in [0.717, 1.165) is 21.4 Å². The summed E-state index contributed by atoms with van der Waals surface area (Å²) in [5.74, 6) is 0. The van der Waals surface area contributed by atoms with E-state index < -0.39 is 11.1 Å². The number of ether oxygens (including phenoxy) is 1. The van der Waals surface area contributed by atoms with Gasteiger partial charge >= 0.3 is 6.09 Å². The lowest BCUT2D eigenvalue weighted by atomic mass is 9.90. The molecule has 6 nitrogen and oxygen atoms in total. The van der Waals surface area contributed by atoms with Crippen LogP contribution in [0.5, 0.6) is 0 Å². The van der Waals surface area contributed by atoms with Gasteiger partial charge in [0.25, 0.3) is 0 Å². The molecule has 0 bridgehead atoms. The molecule has 0 spiro atoms. The number of anilines is 1. The molecule has 0 aliphatic carbocycles. The molecular weight excluding hydrogens is 420 g/mol. The second-order valence-electron chi connectivity index (χ2n) is 8.09. The zero-order valence-electron chi connectivity index (χ0n) is 16.1. The molecule has 1 amide bonds. The molecule has 28 heavy (non-hydrogen) atoms. The van der Waals surface area contributed by atoms with E-state index in [1.54, 1.807) is 4.90 Å². The number of amides is 1. The Morgan fingerprint density at radius 1 is 1.21 bits per heavy atom. The maximum atomic E-state index is 12.8. The minimum absolute atomic E-state index is 0.328. The molecule has 4 rings (SSSR count). The van der Waals surface area contributed by atoms with Gasteiger partial charge in [0.2, 0.25) is 0 Å². The number of carbonyl (C=O) groups excluding carboxylic acids is 1. The van der Waals surface area contributed by atoms with Gasteiger partial charge in [-0.2, -0.15) is 10.2 Å². The number of hydrogen-bond donors (Lipinski definition) is 1. The summed E-state index contributed by atoms with van der Waals surface area (Å²) in [5.41, 5.74) is 1.61. The molecule has 7 heteroatoms. The third kappa shape index (κ3) is 3.28. The van der Waals surface area contributed by atoms with Gasteiger partial charge in [-0.3, -0.25) is 4.90 Å². The smallest absolute Gasteiger partial charge is 0.412 e. The molecule has 1 N–H and O–H groups in total. The van der Waals surface area contributed by atoms with Gasteiger partial charge in [0.1, 0.15) is 17.3 Å². The van der Waals surface area contributed by atoms with Crippen molar-refractivity contribution in [1.29, 1.82) is 0 Å². The fourth-order valence-electron chi connectivity index (χ4n) is 3.78. The summed E-state index contributed by atoms with van der Waals surface area (Å²) >= 11 is 3.52. The Morgan fingerprint density at radius 3 is 2.68 bits per heavy atom. The number of carbonyl (C=O) groups is 1. The molecule has 1 fully saturated rings. The zero-order valence-corrected chi connectivity index (χ0v) is 17.7. The Balaban J connectivity index is 1.72. The molecule has 2 aromatic carbocycles. The SMILES string of the molecule is CC(C)(C)OC(=O)N1CC[C@@]2(N=Nc3ccccc3Br)c3ccccc3N[C@@H]12. The van der Waals surface area contributed by atoms with Crippen LogP contribution in [0.2, 0.25) is 0 Å². The minimum atomic E-state index is -0.636. The molecular formula is C21H23BrN4O2. The third-order valence-electron chi connectivity index (χ3n) is 5.00. The first-order valence-corrected chi connectivity index (χ1v) is 10.1. The zero-order chi connectivity index (χ0) is 19.9. The number of halogens is 1. The van der Waals surface area contributed by atoms with Crippen molar-refractivity contribution in [2.75, 3.05) is 11.9 Å². The number of para-hydroxylation sites is 1. The topological polar surface area (TPSA) is 66.3 Å². The second kappa shape index (κ2) is 6.88. The van der Waals surface area contributed by atoms with Crippen LogP contribution in [0.15, 0.2) is 63.2 Å². The first-order valence-electron chi connectivity index (χ1n) is 9.33. The normalized spacial score (nSPS) is 23.4. The summed E-state index contributed by atoms with van der Waals surface area (Å²) in [6.45, 7) is 6.17. The number of nitrogens with zero attached hydrogens (tertiary/aromatic N) is 3. The predicted molar refractivity (Wildman–Crippen MR) is 112 cm³/mol. The lowest BCUT2D eigenvalue weighted by molar-refractivity contribution is 0.0226. The summed E-state index contributed by atoms with van der Waals surface area (Å²) in [4.78, 5) is 14.5. The molecule has 146 valence electrons. The Bertz CT molecular complexity index is 940. The molecule has 2 atom stereocenters. The predicted octanol–water partition coefficient (Wildman–Crippen LogP) is 5.82. The van der Waals surface area contributed by atoms with Crippen molar-refractivity contribution in [1.82, 2.24) is 4.90 Å². The lowest BCUT2D eigenvalue weighted by Gasteiger charge is -2.30. The van der Waals surface area contributed by atoms with Crippen molar-refractivity contribution in [2.45, 2.75) is 44.5 Å². The Morgan fingerprint density at radius 2 is 1.93 bits per heavy atom. The molecule has 0 unspecified atom stereocenters. The number of fused-ring (bicyclic) bond motifs is 3. The number of benzene rings is 2. The van der Waals surface area contributed by atoms with Crippen LogP contribution in [0.4, 0.5) is 16.2 Å². The Labute approximate surface area is 173 Å². The van der Waals surface area contributed by atoms with E-state index in [2.05, 4.69) is 32.4 Å². The van der Waals surface area contributed by atoms with Crippen LogP contribution in [-0.4, -0.2) is 29.3 Å². The lowest BCUT2D eigenvalue weighted by Crippen LogP contribution is -2.47. The van der Waals surface area contributed by atoms with Crippen LogP contribution >= 0.6 is 15.9 Å². The Hall–Kier alpha value is -2.41. The standard InChI is InChI=1S/C21H23BrN4O2/c1-20(2,3)28-19(27)26-13-12-21(25-24-17-11-7-5-9-15(17)22)14-8-4-6-10-16(14)23-18(21)26/h4-11,18,23H,12-13H2,1-3H3/t18-,21+/m0/s1. The van der Waals surface area contributed by atoms with E-state index in [-0.39, 0.29) is 12.3 Å². The molecule has 0 radical (unpaired) electrons. The highest BCUT2D eigenvalue weighted by molar-refractivity contribution is 9.10. The van der Waals surface area contributed by atoms with Crippen LogP contribution in [0.25, 0.3) is 0 Å². The molecule has 2 aliphatic heterocycles. The van der Waals surface area contributed by atoms with Gasteiger partial charge in [0.15, 0.2) is 0 Å². The number of likely N-dealkylation sites (tertiary alicyclic amines) is 1. The van der Waals surface area contributed by atoms with E-state index in [1.165, 1.54) is 0 Å². The van der Waals surface area contributed by atoms with Crippen LogP contribution in [-0.2, 0) is 10.3 Å². The molecule has 0 saturated carbocycles. The average Bonchev–Trinajstić information content (AvgIpc) is 3.14. The third-order valence-corrected chi connectivity index (χ3v) is 5.67. The van der Waals surface area contributed by atoms with E-state index in [9.17, 15) is 4.79 Å². The van der Waals surface area contributed by atoms with Gasteiger partial charge in [0.05, 0.1) is 5.69 Å². The van der Waals surface area contributed by atoms with Crippen LogP contribution < -0.4 is 5.32 Å². The molecule has 1 saturated heterocycles. The minimum Gasteiger partial charge on any atom is -0.444 e. The highest BCUT2D eigenvalue weighted by atomic mass is 79.9. The first kappa shape index (κ1) is 18.9. The average molecular weight is 443 g/mol. The van der Waals surface area contributed by atoms with Gasteiger partial charge in [0, 0.05) is 28.7 Å². The molecule has 0 aromatic heterocycles. The quantitative estimate of drug-likeness (QED) is 0.595. The van der Waals surface area contributed by atoms with Crippen molar-refractivity contribution < 1.29 is 9.53 Å². The van der Waals surface area contributed by atoms with Crippen LogP contribution in [0.1, 0.15) is 32.8 Å². The summed E-state index contributed by atoms with van der Waals surface area (Å²) in [5, 5.41) is 12.8. The highest BCUT2D eigenvalue weighted by Gasteiger charge is 2.56. The van der Waals surface area contributed by atoms with Crippen molar-refractivity contribution in [3.63, 3.8) is 0 Å². The van der Waals surface area contributed by atoms with Crippen molar-refractivity contribution in [3.8, 4) is 0 Å². The summed E-state index contributed by atoms with van der Waals surface area (Å²) in [6.07, 6.45) is 0.0104. The van der Waals surface area contributed by atoms with Crippen LogP contribution in [0.3, 0.4) is 0 Å². The van der Waals surface area contributed by atoms with Crippen molar-refractivity contribution >= 4 is 33.4 Å². The molecule has 2 aliphatic rings. The summed E-state index contributed by atoms with van der Waals surface area (Å²) < 4.78 is 6.51. The summed E-state index contributed by atoms with van der Waals surface area (Å²) in [7, 11) is 0. The summed E-state index contributed by atoms with van der Waals surface area (Å²) in [6, 6.07) is 15.8. The van der Waals surface area contributed by atoms with Gasteiger partial charge in [-0.25, -0.2) is 4.79 Å². The Kier molecular flexibility index (Phi) is 4.65. The highest BCUT2D eigenvalue weighted by Crippen LogP contribution is 2.50. The molecule has 2 aromatic rings. The number of azo groups is 1. The van der Waals surface area contributed by atoms with Crippen LogP contribution in [0, 0.1) is 0 Å².